The van der Waals surface area contributed by atoms with Gasteiger partial charge in [0.2, 0.25) is 5.91 Å². The summed E-state index contributed by atoms with van der Waals surface area (Å²) < 4.78 is 2.26. The summed E-state index contributed by atoms with van der Waals surface area (Å²) in [6, 6.07) is 5.17. The molecule has 0 saturated heterocycles. The van der Waals surface area contributed by atoms with Crippen LogP contribution in [0.2, 0.25) is 10.0 Å². The maximum atomic E-state index is 12.3. The number of hydrogen-bond donors (Lipinski definition) is 2. The summed E-state index contributed by atoms with van der Waals surface area (Å²) in [5.74, 6) is -0.302. The van der Waals surface area contributed by atoms with Crippen molar-refractivity contribution in [2.45, 2.75) is 17.9 Å². The number of carbonyl (C=O) groups is 1. The average Bonchev–Trinajstić information content (AvgIpc) is 3.15. The predicted octanol–water partition coefficient (Wildman–Crippen LogP) is 3.37. The molecule has 0 aliphatic heterocycles. The molecule has 0 atom stereocenters. The number of thiazole rings is 1. The molecule has 11 heteroatoms. The molecule has 2 aromatic heterocycles. The zero-order valence-corrected chi connectivity index (χ0v) is 18.6. The zero-order chi connectivity index (χ0) is 21.3. The van der Waals surface area contributed by atoms with E-state index in [0.29, 0.717) is 26.4 Å². The summed E-state index contributed by atoms with van der Waals surface area (Å²) in [6.45, 7) is 0. The van der Waals surface area contributed by atoms with Crippen LogP contribution in [-0.4, -0.2) is 20.0 Å². The quantitative estimate of drug-likeness (QED) is 0.442. The Hall–Kier alpha value is -2.07. The molecule has 1 N–H and O–H groups in total. The van der Waals surface area contributed by atoms with Crippen molar-refractivity contribution in [2.24, 2.45) is 14.1 Å². The third-order valence-electron chi connectivity index (χ3n) is 4.29. The van der Waals surface area contributed by atoms with Crippen LogP contribution in [0.4, 0.5) is 5.13 Å². The fraction of sp³-hybridized carbons (Fsp3) is 0.222. The van der Waals surface area contributed by atoms with E-state index in [1.165, 1.54) is 30.0 Å². The van der Waals surface area contributed by atoms with E-state index in [9.17, 15) is 14.4 Å². The predicted molar refractivity (Wildman–Crippen MR) is 119 cm³/mol. The zero-order valence-electron chi connectivity index (χ0n) is 15.4. The topological polar surface area (TPSA) is 86.0 Å². The molecule has 3 rings (SSSR count). The number of hydrogen-bond acceptors (Lipinski definition) is 6. The average molecular weight is 471 g/mol. The molecule has 29 heavy (non-hydrogen) atoms. The van der Waals surface area contributed by atoms with Crippen molar-refractivity contribution < 1.29 is 4.79 Å². The Bertz CT molecular complexity index is 1220. The van der Waals surface area contributed by atoms with Crippen molar-refractivity contribution in [3.8, 4) is 11.3 Å². The minimum atomic E-state index is -0.467. The van der Waals surface area contributed by atoms with Crippen LogP contribution < -0.4 is 16.6 Å². The molecule has 0 bridgehead atoms. The summed E-state index contributed by atoms with van der Waals surface area (Å²) in [6.07, 6.45) is 0.194. The van der Waals surface area contributed by atoms with E-state index in [2.05, 4.69) is 22.9 Å². The molecule has 0 radical (unpaired) electrons. The molecule has 0 aliphatic carbocycles. The monoisotopic (exact) mass is 470 g/mol. The van der Waals surface area contributed by atoms with Gasteiger partial charge in [0.1, 0.15) is 0 Å². The van der Waals surface area contributed by atoms with Gasteiger partial charge < -0.3 is 5.32 Å². The number of anilines is 1. The lowest BCUT2D eigenvalue weighted by Crippen LogP contribution is -2.39. The van der Waals surface area contributed by atoms with E-state index in [1.54, 1.807) is 23.6 Å². The molecule has 2 heterocycles. The van der Waals surface area contributed by atoms with Crippen molar-refractivity contribution >= 4 is 58.2 Å². The summed E-state index contributed by atoms with van der Waals surface area (Å²) >= 11 is 17.5. The van der Waals surface area contributed by atoms with Gasteiger partial charge in [-0.25, -0.2) is 9.78 Å². The fourth-order valence-electron chi connectivity index (χ4n) is 2.66. The highest BCUT2D eigenvalue weighted by molar-refractivity contribution is 7.80. The van der Waals surface area contributed by atoms with Gasteiger partial charge in [-0.15, -0.1) is 24.0 Å². The molecule has 0 unspecified atom stereocenters. The first-order valence-electron chi connectivity index (χ1n) is 8.37. The maximum absolute atomic E-state index is 12.3. The molecule has 0 fully saturated rings. The van der Waals surface area contributed by atoms with Gasteiger partial charge in [-0.2, -0.15) is 0 Å². The maximum Gasteiger partial charge on any atom is 0.331 e. The van der Waals surface area contributed by atoms with Gasteiger partial charge in [-0.05, 0) is 18.6 Å². The lowest BCUT2D eigenvalue weighted by atomic mass is 10.2. The molecule has 152 valence electrons. The van der Waals surface area contributed by atoms with Crippen molar-refractivity contribution in [1.29, 1.82) is 0 Å². The second kappa shape index (κ2) is 8.74. The van der Waals surface area contributed by atoms with Crippen LogP contribution in [-0.2, 0) is 25.3 Å². The summed E-state index contributed by atoms with van der Waals surface area (Å²) in [4.78, 5) is 40.8. The number of aromatic nitrogens is 3. The van der Waals surface area contributed by atoms with E-state index >= 15 is 0 Å². The number of rotatable bonds is 5. The number of nitrogens with one attached hydrogen (secondary N) is 1. The Morgan fingerprint density at radius 1 is 1.21 bits per heavy atom. The largest absolute Gasteiger partial charge is 0.331 e. The Morgan fingerprint density at radius 2 is 1.93 bits per heavy atom. The van der Waals surface area contributed by atoms with Crippen LogP contribution in [0.15, 0.2) is 38.2 Å². The molecule has 0 aliphatic rings. The number of carbonyl (C=O) groups excluding carboxylic acids is 1. The van der Waals surface area contributed by atoms with Gasteiger partial charge >= 0.3 is 5.69 Å². The molecular formula is C18H16Cl2N4O3S2. The van der Waals surface area contributed by atoms with Crippen LogP contribution in [0.25, 0.3) is 11.3 Å². The number of nitrogens with zero attached hydrogens (tertiary/aromatic N) is 3. The SMILES string of the molecule is Cn1c(S)c(CCC(=O)Nc2nc(-c3ccc(Cl)c(Cl)c3)cs2)c(=O)n(C)c1=O. The van der Waals surface area contributed by atoms with Gasteiger partial charge in [0.15, 0.2) is 5.13 Å². The number of halogens is 2. The van der Waals surface area contributed by atoms with Gasteiger partial charge in [0, 0.05) is 37.0 Å². The standard InChI is InChI=1S/C18H16Cl2N4O3S2/c1-23-15(26)10(16(28)24(2)18(23)27)4-6-14(25)22-17-21-13(8-29-17)9-3-5-11(19)12(20)7-9/h3,5,7-8,28H,4,6H2,1-2H3,(H,21,22,25). The highest BCUT2D eigenvalue weighted by Crippen LogP contribution is 2.30. The molecule has 3 aromatic rings. The van der Waals surface area contributed by atoms with Crippen LogP contribution in [0, 0.1) is 0 Å². The Morgan fingerprint density at radius 3 is 2.62 bits per heavy atom. The molecule has 1 amide bonds. The van der Waals surface area contributed by atoms with Crippen molar-refractivity contribution in [3.05, 3.63) is 60.0 Å². The van der Waals surface area contributed by atoms with Crippen LogP contribution >= 0.6 is 47.2 Å². The van der Waals surface area contributed by atoms with Gasteiger partial charge in [-0.3, -0.25) is 18.7 Å². The molecule has 0 spiro atoms. The van der Waals surface area contributed by atoms with E-state index in [1.807, 2.05) is 0 Å². The first-order valence-corrected chi connectivity index (χ1v) is 10.5. The minimum absolute atomic E-state index is 0.0443. The summed E-state index contributed by atoms with van der Waals surface area (Å²) in [7, 11) is 2.91. The Labute approximate surface area is 185 Å². The number of thiol groups is 1. The third-order valence-corrected chi connectivity index (χ3v) is 6.36. The van der Waals surface area contributed by atoms with E-state index in [4.69, 9.17) is 23.2 Å². The molecule has 7 nitrogen and oxygen atoms in total. The first-order chi connectivity index (χ1) is 13.7. The second-order valence-electron chi connectivity index (χ2n) is 6.22. The molecular weight excluding hydrogens is 455 g/mol. The normalized spacial score (nSPS) is 10.9. The Kier molecular flexibility index (Phi) is 6.52. The van der Waals surface area contributed by atoms with Crippen LogP contribution in [0.3, 0.4) is 0 Å². The van der Waals surface area contributed by atoms with E-state index in [0.717, 1.165) is 10.1 Å². The van der Waals surface area contributed by atoms with Crippen LogP contribution in [0.5, 0.6) is 0 Å². The third kappa shape index (κ3) is 4.58. The fourth-order valence-corrected chi connectivity index (χ4v) is 3.99. The summed E-state index contributed by atoms with van der Waals surface area (Å²) in [5.41, 5.74) is 0.828. The van der Waals surface area contributed by atoms with Gasteiger partial charge in [0.25, 0.3) is 5.56 Å². The number of benzene rings is 1. The smallest absolute Gasteiger partial charge is 0.302 e. The van der Waals surface area contributed by atoms with E-state index in [-0.39, 0.29) is 23.8 Å². The van der Waals surface area contributed by atoms with Crippen molar-refractivity contribution in [1.82, 2.24) is 14.1 Å². The second-order valence-corrected chi connectivity index (χ2v) is 8.32. The first kappa shape index (κ1) is 21.6. The molecule has 1 aromatic carbocycles. The minimum Gasteiger partial charge on any atom is -0.302 e. The summed E-state index contributed by atoms with van der Waals surface area (Å²) in [5, 5.41) is 6.06. The number of amides is 1. The Balaban J connectivity index is 1.70. The van der Waals surface area contributed by atoms with Crippen molar-refractivity contribution in [3.63, 3.8) is 0 Å². The lowest BCUT2D eigenvalue weighted by Gasteiger charge is -2.10. The highest BCUT2D eigenvalue weighted by atomic mass is 35.5. The van der Waals surface area contributed by atoms with Gasteiger partial charge in [0.05, 0.1) is 20.8 Å². The lowest BCUT2D eigenvalue weighted by molar-refractivity contribution is -0.116. The van der Waals surface area contributed by atoms with Gasteiger partial charge in [-0.1, -0.05) is 29.3 Å². The highest BCUT2D eigenvalue weighted by Gasteiger charge is 2.15. The van der Waals surface area contributed by atoms with Crippen molar-refractivity contribution in [2.75, 3.05) is 5.32 Å². The molecule has 0 saturated carbocycles. The van der Waals surface area contributed by atoms with Crippen LogP contribution in [0.1, 0.15) is 12.0 Å². The van der Waals surface area contributed by atoms with E-state index < -0.39 is 11.2 Å².